The second-order valence-corrected chi connectivity index (χ2v) is 24.1. The van der Waals surface area contributed by atoms with E-state index in [1.807, 2.05) is 0 Å². The van der Waals surface area contributed by atoms with Crippen LogP contribution < -0.4 is 5.73 Å². The van der Waals surface area contributed by atoms with Gasteiger partial charge < -0.3 is 20.1 Å². The normalized spacial score (nSPS) is 13.2. The van der Waals surface area contributed by atoms with E-state index in [9.17, 15) is 19.0 Å². The minimum absolute atomic E-state index is 0.0565. The Hall–Kier alpha value is -2.03. The number of carbonyl (C=O) groups excluding carboxylic acids is 2. The van der Waals surface area contributed by atoms with Crippen LogP contribution in [0.5, 0.6) is 0 Å². The molecule has 0 aromatic carbocycles. The summed E-state index contributed by atoms with van der Waals surface area (Å²) in [5.41, 5.74) is 5.39. The van der Waals surface area contributed by atoms with E-state index in [-0.39, 0.29) is 38.6 Å². The lowest BCUT2D eigenvalue weighted by Gasteiger charge is -2.19. The Kier molecular flexibility index (Phi) is 62.5. The van der Waals surface area contributed by atoms with Crippen LogP contribution in [0, 0.1) is 0 Å². The summed E-state index contributed by atoms with van der Waals surface area (Å²) < 4.78 is 33.1. The summed E-state index contributed by atoms with van der Waals surface area (Å²) in [6.07, 6.45) is 80.7. The average molecular weight is 1120 g/mol. The summed E-state index contributed by atoms with van der Waals surface area (Å²) in [6, 6.07) is 0. The number of esters is 2. The zero-order chi connectivity index (χ0) is 56.6. The summed E-state index contributed by atoms with van der Waals surface area (Å²) in [4.78, 5) is 35.3. The first-order valence-corrected chi connectivity index (χ1v) is 35.1. The maximum absolute atomic E-state index is 12.7. The fraction of sp³-hybridized carbons (Fsp3) is 0.853. The molecule has 9 nitrogen and oxygen atoms in total. The number of phosphoric ester groups is 1. The number of unbranched alkanes of at least 4 members (excludes halogenated alkanes) is 43. The van der Waals surface area contributed by atoms with Crippen LogP contribution in [-0.2, 0) is 32.7 Å². The van der Waals surface area contributed by atoms with Crippen LogP contribution in [0.4, 0.5) is 0 Å². The van der Waals surface area contributed by atoms with E-state index >= 15 is 0 Å². The number of carbonyl (C=O) groups is 2. The van der Waals surface area contributed by atoms with Crippen molar-refractivity contribution < 1.29 is 37.6 Å². The Morgan fingerprint density at radius 1 is 0.397 bits per heavy atom. The number of rotatable bonds is 64. The molecule has 2 unspecified atom stereocenters. The molecule has 0 aromatic heterocycles. The smallest absolute Gasteiger partial charge is 0.462 e. The van der Waals surface area contributed by atoms with Crippen molar-refractivity contribution in [3.8, 4) is 0 Å². The fourth-order valence-corrected chi connectivity index (χ4v) is 10.8. The monoisotopic (exact) mass is 1120 g/mol. The van der Waals surface area contributed by atoms with Crippen LogP contribution in [0.15, 0.2) is 48.6 Å². The number of allylic oxidation sites excluding steroid dienone is 8. The van der Waals surface area contributed by atoms with Gasteiger partial charge in [-0.2, -0.15) is 0 Å². The fourth-order valence-electron chi connectivity index (χ4n) is 10.0. The number of phosphoric acid groups is 1. The van der Waals surface area contributed by atoms with Gasteiger partial charge in [-0.3, -0.25) is 18.6 Å². The molecule has 458 valence electrons. The molecule has 0 aliphatic heterocycles. The Balaban J connectivity index is 3.76. The van der Waals surface area contributed by atoms with Crippen molar-refractivity contribution in [3.63, 3.8) is 0 Å². The van der Waals surface area contributed by atoms with Crippen LogP contribution in [0.25, 0.3) is 0 Å². The van der Waals surface area contributed by atoms with Gasteiger partial charge in [-0.15, -0.1) is 0 Å². The highest BCUT2D eigenvalue weighted by molar-refractivity contribution is 7.47. The largest absolute Gasteiger partial charge is 0.472 e. The molecular weight excluding hydrogens is 990 g/mol. The number of hydrogen-bond donors (Lipinski definition) is 2. The van der Waals surface area contributed by atoms with Crippen LogP contribution in [0.2, 0.25) is 0 Å². The molecule has 0 fully saturated rings. The first-order valence-electron chi connectivity index (χ1n) is 33.6. The van der Waals surface area contributed by atoms with Crippen molar-refractivity contribution in [3.05, 3.63) is 48.6 Å². The SMILES string of the molecule is CC/C=C\C/C=C\C/C=C\C/C=C\CCCCCCCCCCCCCCCCCCCCCCCCCCCCC(=O)OC(COC(=O)CCCCCCCCCCCCCCCCCCCC)COP(=O)(O)OCCN. The van der Waals surface area contributed by atoms with E-state index in [1.165, 1.54) is 250 Å². The zero-order valence-corrected chi connectivity index (χ0v) is 52.3. The first kappa shape index (κ1) is 76.0. The topological polar surface area (TPSA) is 134 Å². The van der Waals surface area contributed by atoms with Crippen LogP contribution >= 0.6 is 7.82 Å². The highest BCUT2D eigenvalue weighted by atomic mass is 31.2. The summed E-state index contributed by atoms with van der Waals surface area (Å²) in [6.45, 7) is 3.70. The molecular formula is C68H128NO8P. The molecule has 0 saturated carbocycles. The second-order valence-electron chi connectivity index (χ2n) is 22.7. The molecule has 3 N–H and O–H groups in total. The van der Waals surface area contributed by atoms with Gasteiger partial charge in [0, 0.05) is 19.4 Å². The highest BCUT2D eigenvalue weighted by Crippen LogP contribution is 2.43. The van der Waals surface area contributed by atoms with Gasteiger partial charge >= 0.3 is 19.8 Å². The maximum atomic E-state index is 12.7. The Labute approximate surface area is 483 Å². The van der Waals surface area contributed by atoms with Crippen molar-refractivity contribution in [1.29, 1.82) is 0 Å². The van der Waals surface area contributed by atoms with Gasteiger partial charge in [0.1, 0.15) is 6.61 Å². The molecule has 0 bridgehead atoms. The van der Waals surface area contributed by atoms with Crippen molar-refractivity contribution >= 4 is 19.8 Å². The van der Waals surface area contributed by atoms with Crippen LogP contribution in [0.3, 0.4) is 0 Å². The van der Waals surface area contributed by atoms with E-state index in [4.69, 9.17) is 24.3 Å². The summed E-state index contributed by atoms with van der Waals surface area (Å²) in [7, 11) is -4.39. The van der Waals surface area contributed by atoms with Gasteiger partial charge in [-0.25, -0.2) is 4.57 Å². The molecule has 0 aliphatic carbocycles. The molecule has 0 spiro atoms. The number of hydrogen-bond acceptors (Lipinski definition) is 8. The van der Waals surface area contributed by atoms with E-state index in [0.29, 0.717) is 6.42 Å². The standard InChI is InChI=1S/C68H128NO8P/c1-3-5-7-9-11-13-15-17-19-21-23-24-25-26-27-28-29-30-31-32-33-34-35-36-37-38-39-40-41-42-43-45-47-49-51-53-55-57-59-61-68(71)77-66(65-76-78(72,73)75-63-62-69)64-74-67(70)60-58-56-54-52-50-48-46-44-22-20-18-16-14-12-10-8-6-4-2/h5,7,11,13,17,19,23-24,66H,3-4,6,8-10,12,14-16,18,20-22,25-65,69H2,1-2H3,(H,72,73)/b7-5-,13-11-,19-17-,24-23-. The third-order valence-corrected chi connectivity index (χ3v) is 16.0. The molecule has 0 aliphatic rings. The molecule has 0 heterocycles. The highest BCUT2D eigenvalue weighted by Gasteiger charge is 2.26. The van der Waals surface area contributed by atoms with Crippen LogP contribution in [-0.4, -0.2) is 49.3 Å². The van der Waals surface area contributed by atoms with E-state index in [0.717, 1.165) is 57.8 Å². The predicted molar refractivity (Wildman–Crippen MR) is 335 cm³/mol. The molecule has 78 heavy (non-hydrogen) atoms. The number of nitrogens with two attached hydrogens (primary N) is 1. The van der Waals surface area contributed by atoms with Crippen molar-refractivity contribution in [2.24, 2.45) is 5.73 Å². The third kappa shape index (κ3) is 63.2. The van der Waals surface area contributed by atoms with Crippen molar-refractivity contribution in [2.75, 3.05) is 26.4 Å². The van der Waals surface area contributed by atoms with Gasteiger partial charge in [0.2, 0.25) is 0 Å². The quantitative estimate of drug-likeness (QED) is 0.0264. The third-order valence-electron chi connectivity index (χ3n) is 15.0. The lowest BCUT2D eigenvalue weighted by Crippen LogP contribution is -2.29. The Morgan fingerprint density at radius 3 is 1.05 bits per heavy atom. The van der Waals surface area contributed by atoms with Gasteiger partial charge in [-0.1, -0.05) is 326 Å². The summed E-state index contributed by atoms with van der Waals surface area (Å²) in [5, 5.41) is 0. The van der Waals surface area contributed by atoms with E-state index in [1.54, 1.807) is 0 Å². The molecule has 0 aromatic rings. The molecule has 0 rings (SSSR count). The molecule has 10 heteroatoms. The lowest BCUT2D eigenvalue weighted by atomic mass is 10.0. The van der Waals surface area contributed by atoms with Crippen molar-refractivity contribution in [2.45, 2.75) is 347 Å². The first-order chi connectivity index (χ1) is 38.3. The Bertz CT molecular complexity index is 1420. The summed E-state index contributed by atoms with van der Waals surface area (Å²) in [5.74, 6) is -0.805. The summed E-state index contributed by atoms with van der Waals surface area (Å²) >= 11 is 0. The average Bonchev–Trinajstić information content (AvgIpc) is 3.43. The van der Waals surface area contributed by atoms with Gasteiger partial charge in [-0.05, 0) is 51.4 Å². The lowest BCUT2D eigenvalue weighted by molar-refractivity contribution is -0.161. The Morgan fingerprint density at radius 2 is 0.705 bits per heavy atom. The predicted octanol–water partition coefficient (Wildman–Crippen LogP) is 21.7. The minimum Gasteiger partial charge on any atom is -0.462 e. The second kappa shape index (κ2) is 64.1. The van der Waals surface area contributed by atoms with Crippen molar-refractivity contribution in [1.82, 2.24) is 0 Å². The van der Waals surface area contributed by atoms with E-state index in [2.05, 4.69) is 62.5 Å². The van der Waals surface area contributed by atoms with Gasteiger partial charge in [0.25, 0.3) is 0 Å². The molecule has 2 atom stereocenters. The van der Waals surface area contributed by atoms with Gasteiger partial charge in [0.05, 0.1) is 13.2 Å². The van der Waals surface area contributed by atoms with Crippen LogP contribution in [0.1, 0.15) is 341 Å². The van der Waals surface area contributed by atoms with E-state index < -0.39 is 26.5 Å². The molecule has 0 radical (unpaired) electrons. The zero-order valence-electron chi connectivity index (χ0n) is 51.4. The molecule has 0 saturated heterocycles. The number of ether oxygens (including phenoxy) is 2. The van der Waals surface area contributed by atoms with Gasteiger partial charge in [0.15, 0.2) is 6.10 Å². The maximum Gasteiger partial charge on any atom is 0.472 e. The minimum atomic E-state index is -4.39. The molecule has 0 amide bonds.